The Labute approximate surface area is 220 Å². The zero-order chi connectivity index (χ0) is 25.2. The number of hydrogen-bond acceptors (Lipinski definition) is 6. The molecule has 5 rings (SSSR count). The summed E-state index contributed by atoms with van der Waals surface area (Å²) in [6, 6.07) is 7.53. The van der Waals surface area contributed by atoms with Gasteiger partial charge in [-0.1, -0.05) is 23.8 Å². The van der Waals surface area contributed by atoms with E-state index in [0.717, 1.165) is 42.9 Å². The first-order valence-corrected chi connectivity index (χ1v) is 13.6. The van der Waals surface area contributed by atoms with Crippen molar-refractivity contribution in [3.05, 3.63) is 48.1 Å². The third kappa shape index (κ3) is 5.53. The Morgan fingerprint density at radius 1 is 1.19 bits per heavy atom. The fourth-order valence-corrected chi connectivity index (χ4v) is 6.39. The molecule has 0 saturated carbocycles. The Morgan fingerprint density at radius 3 is 2.69 bits per heavy atom. The number of likely N-dealkylation sites (tertiary alicyclic amines) is 1. The van der Waals surface area contributed by atoms with Crippen LogP contribution in [0.15, 0.2) is 53.1 Å². The quantitative estimate of drug-likeness (QED) is 0.589. The molecule has 4 aliphatic rings. The van der Waals surface area contributed by atoms with E-state index >= 15 is 0 Å². The minimum absolute atomic E-state index is 0.0398. The predicted molar refractivity (Wildman–Crippen MR) is 145 cm³/mol. The summed E-state index contributed by atoms with van der Waals surface area (Å²) in [7, 11) is 1.79. The molecule has 1 aromatic carbocycles. The van der Waals surface area contributed by atoms with Gasteiger partial charge in [0, 0.05) is 43.9 Å². The maximum Gasteiger partial charge on any atom is 0.240 e. The lowest BCUT2D eigenvalue weighted by molar-refractivity contribution is -0.120. The van der Waals surface area contributed by atoms with Crippen molar-refractivity contribution in [3.63, 3.8) is 0 Å². The molecule has 3 unspecified atom stereocenters. The van der Waals surface area contributed by atoms with Gasteiger partial charge in [-0.3, -0.25) is 24.3 Å². The number of anilines is 2. The molecule has 4 aliphatic heterocycles. The molecule has 3 atom stereocenters. The molecular weight excluding hydrogens is 498 g/mol. The molecule has 0 aliphatic carbocycles. The lowest BCUT2D eigenvalue weighted by Crippen LogP contribution is -2.37. The molecule has 2 saturated heterocycles. The summed E-state index contributed by atoms with van der Waals surface area (Å²) < 4.78 is 0. The number of carbonyl (C=O) groups is 3. The minimum Gasteiger partial charge on any atom is -0.355 e. The van der Waals surface area contributed by atoms with Crippen molar-refractivity contribution in [1.82, 2.24) is 10.2 Å². The van der Waals surface area contributed by atoms with Crippen LogP contribution in [0, 0.1) is 5.92 Å². The van der Waals surface area contributed by atoms with Crippen molar-refractivity contribution in [2.45, 2.75) is 29.9 Å². The normalized spacial score (nSPS) is 25.6. The van der Waals surface area contributed by atoms with E-state index < -0.39 is 0 Å². The lowest BCUT2D eigenvalue weighted by atomic mass is 10.1. The Balaban J connectivity index is 1.12. The van der Waals surface area contributed by atoms with Crippen molar-refractivity contribution in [3.8, 4) is 0 Å². The number of amides is 3. The van der Waals surface area contributed by atoms with Crippen LogP contribution in [0.3, 0.4) is 0 Å². The number of rotatable bonds is 7. The van der Waals surface area contributed by atoms with Crippen LogP contribution < -0.4 is 15.1 Å². The highest BCUT2D eigenvalue weighted by molar-refractivity contribution is 8.01. The number of nitrogens with one attached hydrogen (secondary N) is 1. The van der Waals surface area contributed by atoms with E-state index in [2.05, 4.69) is 15.2 Å². The van der Waals surface area contributed by atoms with Gasteiger partial charge in [0.05, 0.1) is 6.54 Å². The summed E-state index contributed by atoms with van der Waals surface area (Å²) in [5.41, 5.74) is 2.61. The van der Waals surface area contributed by atoms with Crippen molar-refractivity contribution in [1.29, 1.82) is 0 Å². The van der Waals surface area contributed by atoms with Crippen LogP contribution in [0.25, 0.3) is 0 Å². The maximum atomic E-state index is 12.7. The minimum atomic E-state index is -0.313. The molecule has 2 fully saturated rings. The molecule has 0 aromatic heterocycles. The van der Waals surface area contributed by atoms with E-state index in [9.17, 15) is 14.4 Å². The maximum absolute atomic E-state index is 12.7. The van der Waals surface area contributed by atoms with Gasteiger partial charge in [0.15, 0.2) is 0 Å². The molecule has 0 radical (unpaired) electrons. The number of thioether (sulfide) groups is 1. The van der Waals surface area contributed by atoms with Crippen LogP contribution in [0.5, 0.6) is 0 Å². The molecule has 4 heterocycles. The van der Waals surface area contributed by atoms with Crippen LogP contribution in [0.2, 0.25) is 0 Å². The Morgan fingerprint density at radius 2 is 1.94 bits per heavy atom. The van der Waals surface area contributed by atoms with Crippen LogP contribution in [-0.4, -0.2) is 78.2 Å². The van der Waals surface area contributed by atoms with Gasteiger partial charge in [-0.2, -0.15) is 0 Å². The molecule has 1 N–H and O–H groups in total. The number of allylic oxidation sites excluding steroid dienone is 1. The summed E-state index contributed by atoms with van der Waals surface area (Å²) in [5.74, 6) is 0.0787. The van der Waals surface area contributed by atoms with Crippen LogP contribution in [0.4, 0.5) is 11.4 Å². The number of aliphatic imine (C=N–C) groups is 1. The Bertz CT molecular complexity index is 1130. The predicted octanol–water partition coefficient (Wildman–Crippen LogP) is 2.79. The van der Waals surface area contributed by atoms with Crippen LogP contribution >= 0.6 is 23.4 Å². The average molecular weight is 528 g/mol. The average Bonchev–Trinajstić information content (AvgIpc) is 3.62. The molecule has 0 spiro atoms. The van der Waals surface area contributed by atoms with Crippen molar-refractivity contribution in [2.24, 2.45) is 10.9 Å². The van der Waals surface area contributed by atoms with Gasteiger partial charge in [0.1, 0.15) is 15.8 Å². The summed E-state index contributed by atoms with van der Waals surface area (Å²) in [6.07, 6.45) is 8.26. The van der Waals surface area contributed by atoms with E-state index in [4.69, 9.17) is 11.6 Å². The second-order valence-electron chi connectivity index (χ2n) is 9.63. The topological polar surface area (TPSA) is 85.3 Å². The van der Waals surface area contributed by atoms with E-state index in [1.54, 1.807) is 22.9 Å². The second-order valence-corrected chi connectivity index (χ2v) is 11.2. The second kappa shape index (κ2) is 10.8. The number of benzene rings is 1. The van der Waals surface area contributed by atoms with Gasteiger partial charge >= 0.3 is 0 Å². The first-order valence-electron chi connectivity index (χ1n) is 12.3. The molecule has 10 heteroatoms. The van der Waals surface area contributed by atoms with Crippen molar-refractivity contribution < 1.29 is 14.4 Å². The van der Waals surface area contributed by atoms with E-state index in [1.807, 2.05) is 36.4 Å². The smallest absolute Gasteiger partial charge is 0.240 e. The summed E-state index contributed by atoms with van der Waals surface area (Å²) in [4.78, 5) is 48.0. The molecule has 8 nitrogen and oxygen atoms in total. The Kier molecular flexibility index (Phi) is 7.50. The number of dihydropyridines is 1. The first-order chi connectivity index (χ1) is 17.4. The Hall–Kier alpha value is -2.62. The van der Waals surface area contributed by atoms with Gasteiger partial charge in [0.25, 0.3) is 0 Å². The number of nitrogens with zero attached hydrogens (tertiary/aromatic N) is 4. The fraction of sp³-hybridized carbons (Fsp3) is 0.462. The van der Waals surface area contributed by atoms with E-state index in [0.29, 0.717) is 31.2 Å². The molecular formula is C26H30ClN5O3S. The summed E-state index contributed by atoms with van der Waals surface area (Å²) in [5, 5.41) is 3.02. The third-order valence-electron chi connectivity index (χ3n) is 7.07. The molecule has 0 bridgehead atoms. The summed E-state index contributed by atoms with van der Waals surface area (Å²) >= 11 is 7.44. The SMILES string of the molecule is CN(C(=O)CN1CCCC1)c1ccc(N2CC(CNC(=O)C3C=C4C=CC(Cl)=NC4S3)CC2=O)cc1. The summed E-state index contributed by atoms with van der Waals surface area (Å²) in [6.45, 7) is 3.39. The zero-order valence-electron chi connectivity index (χ0n) is 20.2. The van der Waals surface area contributed by atoms with Gasteiger partial charge in [-0.05, 0) is 61.8 Å². The van der Waals surface area contributed by atoms with Gasteiger partial charge in [-0.15, -0.1) is 11.8 Å². The monoisotopic (exact) mass is 527 g/mol. The molecule has 3 amide bonds. The third-order valence-corrected chi connectivity index (χ3v) is 8.57. The van der Waals surface area contributed by atoms with Gasteiger partial charge in [-0.25, -0.2) is 0 Å². The van der Waals surface area contributed by atoms with E-state index in [-0.39, 0.29) is 34.3 Å². The lowest BCUT2D eigenvalue weighted by Gasteiger charge is -2.23. The van der Waals surface area contributed by atoms with E-state index in [1.165, 1.54) is 11.8 Å². The number of likely N-dealkylation sites (N-methyl/N-ethyl adjacent to an activating group) is 1. The largest absolute Gasteiger partial charge is 0.355 e. The molecule has 190 valence electrons. The highest BCUT2D eigenvalue weighted by Crippen LogP contribution is 2.37. The molecule has 36 heavy (non-hydrogen) atoms. The number of carbonyl (C=O) groups excluding carboxylic acids is 3. The number of hydrogen-bond donors (Lipinski definition) is 1. The zero-order valence-corrected chi connectivity index (χ0v) is 21.8. The number of fused-ring (bicyclic) bond motifs is 1. The van der Waals surface area contributed by atoms with Crippen LogP contribution in [0.1, 0.15) is 19.3 Å². The fourth-order valence-electron chi connectivity index (χ4n) is 4.97. The van der Waals surface area contributed by atoms with Gasteiger partial charge < -0.3 is 15.1 Å². The standard InChI is InChI=1S/C26H30ClN5O3S/c1-30(24(34)16-31-10-2-3-11-31)19-5-7-20(8-6-19)32-15-17(12-23(32)33)14-28-25(35)21-13-18-4-9-22(27)29-26(18)36-21/h4-9,13,17,21,26H,2-3,10-12,14-16H2,1H3,(H,28,35). The van der Waals surface area contributed by atoms with Gasteiger partial charge in [0.2, 0.25) is 17.7 Å². The van der Waals surface area contributed by atoms with Crippen molar-refractivity contribution >= 4 is 57.6 Å². The first kappa shape index (κ1) is 25.0. The highest BCUT2D eigenvalue weighted by atomic mass is 35.5. The number of halogens is 1. The van der Waals surface area contributed by atoms with Crippen LogP contribution in [-0.2, 0) is 14.4 Å². The van der Waals surface area contributed by atoms with Crippen molar-refractivity contribution in [2.75, 3.05) is 49.6 Å². The highest BCUT2D eigenvalue weighted by Gasteiger charge is 2.34. The molecule has 1 aromatic rings.